The van der Waals surface area contributed by atoms with Gasteiger partial charge in [-0.2, -0.15) is 0 Å². The van der Waals surface area contributed by atoms with Crippen LogP contribution in [0, 0.1) is 0 Å². The van der Waals surface area contributed by atoms with Gasteiger partial charge in [-0.1, -0.05) is 19.1 Å². The Morgan fingerprint density at radius 1 is 1.32 bits per heavy atom. The van der Waals surface area contributed by atoms with Crippen LogP contribution in [-0.4, -0.2) is 23.0 Å². The van der Waals surface area contributed by atoms with Crippen LogP contribution in [0.5, 0.6) is 0 Å². The molecule has 1 aliphatic rings. The summed E-state index contributed by atoms with van der Waals surface area (Å²) in [7, 11) is 0. The summed E-state index contributed by atoms with van der Waals surface area (Å²) in [4.78, 5) is 23.2. The topological polar surface area (TPSA) is 66.4 Å². The van der Waals surface area contributed by atoms with Crippen LogP contribution in [-0.2, 0) is 17.6 Å². The van der Waals surface area contributed by atoms with Gasteiger partial charge in [-0.25, -0.2) is 4.79 Å². The van der Waals surface area contributed by atoms with E-state index in [4.69, 9.17) is 5.11 Å². The average Bonchev–Trinajstić information content (AvgIpc) is 2.43. The fourth-order valence-corrected chi connectivity index (χ4v) is 2.57. The molecule has 1 aromatic rings. The maximum Gasteiger partial charge on any atom is 0.326 e. The Balaban J connectivity index is 2.22. The number of amides is 1. The highest BCUT2D eigenvalue weighted by molar-refractivity contribution is 5.98. The van der Waals surface area contributed by atoms with E-state index in [2.05, 4.69) is 11.4 Å². The molecule has 1 aromatic carbocycles. The van der Waals surface area contributed by atoms with Crippen molar-refractivity contribution in [1.29, 1.82) is 0 Å². The summed E-state index contributed by atoms with van der Waals surface area (Å²) >= 11 is 0. The van der Waals surface area contributed by atoms with E-state index in [0.717, 1.165) is 31.2 Å². The third kappa shape index (κ3) is 2.95. The zero-order valence-electron chi connectivity index (χ0n) is 11.1. The summed E-state index contributed by atoms with van der Waals surface area (Å²) < 4.78 is 0. The molecule has 0 aromatic heterocycles. The van der Waals surface area contributed by atoms with Gasteiger partial charge in [-0.15, -0.1) is 0 Å². The Morgan fingerprint density at radius 2 is 2.05 bits per heavy atom. The van der Waals surface area contributed by atoms with E-state index >= 15 is 0 Å². The Morgan fingerprint density at radius 3 is 2.74 bits per heavy atom. The van der Waals surface area contributed by atoms with Crippen molar-refractivity contribution in [1.82, 2.24) is 5.32 Å². The third-order valence-corrected chi connectivity index (χ3v) is 3.65. The number of benzene rings is 1. The molecule has 0 saturated heterocycles. The second-order valence-corrected chi connectivity index (χ2v) is 4.92. The summed E-state index contributed by atoms with van der Waals surface area (Å²) in [5, 5.41) is 11.6. The number of carbonyl (C=O) groups excluding carboxylic acids is 1. The number of hydrogen-bond acceptors (Lipinski definition) is 2. The molecule has 0 heterocycles. The minimum atomic E-state index is -0.986. The molecule has 19 heavy (non-hydrogen) atoms. The Bertz CT molecular complexity index is 496. The molecule has 2 rings (SSSR count). The summed E-state index contributed by atoms with van der Waals surface area (Å²) in [6.07, 6.45) is 4.55. The first-order valence-corrected chi connectivity index (χ1v) is 6.78. The monoisotopic (exact) mass is 261 g/mol. The summed E-state index contributed by atoms with van der Waals surface area (Å²) in [5.41, 5.74) is 2.95. The van der Waals surface area contributed by atoms with Crippen molar-refractivity contribution < 1.29 is 14.7 Å². The van der Waals surface area contributed by atoms with Gasteiger partial charge in [-0.05, 0) is 49.3 Å². The quantitative estimate of drug-likeness (QED) is 0.872. The molecule has 0 spiro atoms. The lowest BCUT2D eigenvalue weighted by molar-refractivity contribution is -0.139. The van der Waals surface area contributed by atoms with Crippen LogP contribution >= 0.6 is 0 Å². The van der Waals surface area contributed by atoms with Crippen molar-refractivity contribution in [3.8, 4) is 0 Å². The molecule has 102 valence electrons. The second kappa shape index (κ2) is 5.87. The van der Waals surface area contributed by atoms with E-state index in [-0.39, 0.29) is 5.91 Å². The molecule has 1 aliphatic carbocycles. The first kappa shape index (κ1) is 13.6. The molecular weight excluding hydrogens is 242 g/mol. The number of carbonyl (C=O) groups is 2. The fraction of sp³-hybridized carbons (Fsp3) is 0.467. The SMILES string of the molecule is CC[C@H](NC(=O)c1cccc2c1CCCC2)C(=O)O. The van der Waals surface area contributed by atoms with Crippen molar-refractivity contribution in [2.45, 2.75) is 45.1 Å². The van der Waals surface area contributed by atoms with E-state index in [1.807, 2.05) is 6.07 Å². The molecule has 4 nitrogen and oxygen atoms in total. The lowest BCUT2D eigenvalue weighted by Gasteiger charge is -2.20. The molecule has 0 bridgehead atoms. The minimum Gasteiger partial charge on any atom is -0.480 e. The molecule has 0 fully saturated rings. The number of carboxylic acid groups (broad SMARTS) is 1. The molecule has 0 unspecified atom stereocenters. The van der Waals surface area contributed by atoms with Crippen molar-refractivity contribution in [3.63, 3.8) is 0 Å². The number of fused-ring (bicyclic) bond motifs is 1. The van der Waals surface area contributed by atoms with E-state index in [1.165, 1.54) is 5.56 Å². The zero-order chi connectivity index (χ0) is 13.8. The molecule has 0 aliphatic heterocycles. The molecule has 1 atom stereocenters. The molecule has 0 radical (unpaired) electrons. The highest BCUT2D eigenvalue weighted by Crippen LogP contribution is 2.24. The Kier molecular flexibility index (Phi) is 4.20. The van der Waals surface area contributed by atoms with E-state index in [9.17, 15) is 9.59 Å². The number of aliphatic carboxylic acids is 1. The average molecular weight is 261 g/mol. The molecule has 1 amide bonds. The minimum absolute atomic E-state index is 0.270. The number of carboxylic acids is 1. The summed E-state index contributed by atoms with van der Waals surface area (Å²) in [6, 6.07) is 4.90. The van der Waals surface area contributed by atoms with Gasteiger partial charge in [0.15, 0.2) is 0 Å². The number of rotatable bonds is 4. The van der Waals surface area contributed by atoms with Crippen molar-refractivity contribution in [3.05, 3.63) is 34.9 Å². The largest absolute Gasteiger partial charge is 0.480 e. The molecule has 2 N–H and O–H groups in total. The maximum atomic E-state index is 12.2. The van der Waals surface area contributed by atoms with Gasteiger partial charge in [0.1, 0.15) is 6.04 Å². The first-order valence-electron chi connectivity index (χ1n) is 6.78. The zero-order valence-corrected chi connectivity index (χ0v) is 11.1. The van der Waals surface area contributed by atoms with Crippen molar-refractivity contribution in [2.75, 3.05) is 0 Å². The van der Waals surface area contributed by atoms with Gasteiger partial charge in [0, 0.05) is 5.56 Å². The van der Waals surface area contributed by atoms with Crippen molar-refractivity contribution >= 4 is 11.9 Å². The van der Waals surface area contributed by atoms with Gasteiger partial charge in [-0.3, -0.25) is 4.79 Å². The van der Waals surface area contributed by atoms with E-state index < -0.39 is 12.0 Å². The Hall–Kier alpha value is -1.84. The van der Waals surface area contributed by atoms with Gasteiger partial charge in [0.05, 0.1) is 0 Å². The number of nitrogens with one attached hydrogen (secondary N) is 1. The lowest BCUT2D eigenvalue weighted by atomic mass is 9.88. The molecular formula is C15H19NO3. The summed E-state index contributed by atoms with van der Waals surface area (Å²) in [6.45, 7) is 1.75. The van der Waals surface area contributed by atoms with Crippen LogP contribution in [0.25, 0.3) is 0 Å². The van der Waals surface area contributed by atoms with Crippen LogP contribution in [0.2, 0.25) is 0 Å². The van der Waals surface area contributed by atoms with Gasteiger partial charge < -0.3 is 10.4 Å². The molecule has 0 saturated carbocycles. The van der Waals surface area contributed by atoms with Gasteiger partial charge in [0.25, 0.3) is 5.91 Å². The van der Waals surface area contributed by atoms with Crippen molar-refractivity contribution in [2.24, 2.45) is 0 Å². The number of aryl methyl sites for hydroxylation is 1. The highest BCUT2D eigenvalue weighted by Gasteiger charge is 2.22. The maximum absolute atomic E-state index is 12.2. The van der Waals surface area contributed by atoms with Gasteiger partial charge in [0.2, 0.25) is 0 Å². The van der Waals surface area contributed by atoms with Crippen LogP contribution in [0.15, 0.2) is 18.2 Å². The fourth-order valence-electron chi connectivity index (χ4n) is 2.57. The standard InChI is InChI=1S/C15H19NO3/c1-2-13(15(18)19)16-14(17)12-9-5-7-10-6-3-4-8-11(10)12/h5,7,9,13H,2-4,6,8H2,1H3,(H,16,17)(H,18,19)/t13-/m0/s1. The van der Waals surface area contributed by atoms with Crippen LogP contribution < -0.4 is 5.32 Å². The second-order valence-electron chi connectivity index (χ2n) is 4.92. The van der Waals surface area contributed by atoms with Gasteiger partial charge >= 0.3 is 5.97 Å². The summed E-state index contributed by atoms with van der Waals surface area (Å²) in [5.74, 6) is -1.26. The van der Waals surface area contributed by atoms with Crippen LogP contribution in [0.1, 0.15) is 47.7 Å². The first-order chi connectivity index (χ1) is 9.13. The predicted octanol–water partition coefficient (Wildman–Crippen LogP) is 2.16. The number of hydrogen-bond donors (Lipinski definition) is 2. The predicted molar refractivity (Wildman–Crippen MR) is 72.3 cm³/mol. The van der Waals surface area contributed by atoms with Crippen LogP contribution in [0.4, 0.5) is 0 Å². The lowest BCUT2D eigenvalue weighted by Crippen LogP contribution is -2.40. The Labute approximate surface area is 112 Å². The third-order valence-electron chi connectivity index (χ3n) is 3.65. The van der Waals surface area contributed by atoms with Crippen LogP contribution in [0.3, 0.4) is 0 Å². The van der Waals surface area contributed by atoms with E-state index in [0.29, 0.717) is 12.0 Å². The highest BCUT2D eigenvalue weighted by atomic mass is 16.4. The smallest absolute Gasteiger partial charge is 0.326 e. The van der Waals surface area contributed by atoms with E-state index in [1.54, 1.807) is 13.0 Å². The molecule has 4 heteroatoms. The normalized spacial score (nSPS) is 15.4.